The molecule has 1 aromatic carbocycles. The second-order valence-corrected chi connectivity index (χ2v) is 7.06. The van der Waals surface area contributed by atoms with Crippen LogP contribution in [0.5, 0.6) is 0 Å². The molecule has 1 aromatic rings. The fourth-order valence-corrected chi connectivity index (χ4v) is 3.78. The number of hydrogen-bond donors (Lipinski definition) is 1. The van der Waals surface area contributed by atoms with E-state index < -0.39 is 10.0 Å². The number of rotatable bonds is 4. The number of morpholine rings is 1. The first-order valence-corrected chi connectivity index (χ1v) is 8.36. The summed E-state index contributed by atoms with van der Waals surface area (Å²) in [6.07, 6.45) is 0.793. The van der Waals surface area contributed by atoms with Gasteiger partial charge >= 0.3 is 0 Å². The smallest absolute Gasteiger partial charge is 0.243 e. The van der Waals surface area contributed by atoms with Crippen LogP contribution in [-0.4, -0.2) is 38.5 Å². The van der Waals surface area contributed by atoms with E-state index in [0.717, 1.165) is 12.0 Å². The molecule has 2 atom stereocenters. The van der Waals surface area contributed by atoms with Crippen molar-refractivity contribution in [2.75, 3.05) is 19.7 Å². The zero-order valence-electron chi connectivity index (χ0n) is 12.0. The summed E-state index contributed by atoms with van der Waals surface area (Å²) >= 11 is 0. The summed E-state index contributed by atoms with van der Waals surface area (Å²) in [6, 6.07) is 6.69. The van der Waals surface area contributed by atoms with Gasteiger partial charge in [-0.25, -0.2) is 8.42 Å². The lowest BCUT2D eigenvalue weighted by Crippen LogP contribution is -2.45. The van der Waals surface area contributed by atoms with E-state index in [2.05, 4.69) is 0 Å². The fraction of sp³-hybridized carbons (Fsp3) is 0.571. The molecule has 1 fully saturated rings. The summed E-state index contributed by atoms with van der Waals surface area (Å²) in [5.41, 5.74) is 6.64. The van der Waals surface area contributed by atoms with Crippen LogP contribution in [0.3, 0.4) is 0 Å². The van der Waals surface area contributed by atoms with Gasteiger partial charge < -0.3 is 10.5 Å². The molecule has 2 rings (SSSR count). The molecule has 1 aliphatic heterocycles. The number of nitrogens with two attached hydrogens (primary N) is 1. The summed E-state index contributed by atoms with van der Waals surface area (Å²) in [7, 11) is -3.46. The minimum absolute atomic E-state index is 0.0184. The fourth-order valence-electron chi connectivity index (χ4n) is 2.26. The number of hydrogen-bond acceptors (Lipinski definition) is 4. The Labute approximate surface area is 120 Å². The highest BCUT2D eigenvalue weighted by Gasteiger charge is 2.30. The average Bonchev–Trinajstić information content (AvgIpc) is 2.47. The van der Waals surface area contributed by atoms with Crippen molar-refractivity contribution >= 4 is 10.0 Å². The van der Waals surface area contributed by atoms with Crippen molar-refractivity contribution < 1.29 is 13.2 Å². The van der Waals surface area contributed by atoms with Crippen molar-refractivity contribution in [3.8, 4) is 0 Å². The highest BCUT2D eigenvalue weighted by molar-refractivity contribution is 7.89. The van der Waals surface area contributed by atoms with Gasteiger partial charge in [-0.15, -0.1) is 0 Å². The van der Waals surface area contributed by atoms with Gasteiger partial charge in [0.15, 0.2) is 0 Å². The molecule has 1 heterocycles. The lowest BCUT2D eigenvalue weighted by molar-refractivity contribution is -0.00278. The van der Waals surface area contributed by atoms with Crippen LogP contribution in [0.2, 0.25) is 0 Å². The second-order valence-electron chi connectivity index (χ2n) is 5.13. The maximum absolute atomic E-state index is 12.7. The summed E-state index contributed by atoms with van der Waals surface area (Å²) in [5.74, 6) is 0. The van der Waals surface area contributed by atoms with Crippen LogP contribution >= 0.6 is 0 Å². The molecule has 0 spiro atoms. The molecule has 0 radical (unpaired) electrons. The summed E-state index contributed by atoms with van der Waals surface area (Å²) in [6.45, 7) is 5.11. The molecule has 0 bridgehead atoms. The molecule has 1 aliphatic rings. The highest BCUT2D eigenvalue weighted by Crippen LogP contribution is 2.22. The molecule has 0 aromatic heterocycles. The summed E-state index contributed by atoms with van der Waals surface area (Å²) < 4.78 is 32.3. The van der Waals surface area contributed by atoms with Crippen molar-refractivity contribution in [1.82, 2.24) is 4.31 Å². The van der Waals surface area contributed by atoms with Crippen molar-refractivity contribution in [3.05, 3.63) is 29.8 Å². The lowest BCUT2D eigenvalue weighted by Gasteiger charge is -2.31. The third-order valence-corrected chi connectivity index (χ3v) is 5.44. The first-order chi connectivity index (χ1) is 9.45. The van der Waals surface area contributed by atoms with Crippen LogP contribution < -0.4 is 5.73 Å². The van der Waals surface area contributed by atoms with E-state index in [1.807, 2.05) is 19.9 Å². The van der Waals surface area contributed by atoms with E-state index in [4.69, 9.17) is 10.5 Å². The van der Waals surface area contributed by atoms with E-state index in [0.29, 0.717) is 24.6 Å². The standard InChI is InChI=1S/C14H22N2O3S/c1-3-13-10-16(7-8-19-13)20(17,18)14-6-4-5-12(9-14)11(2)15/h4-6,9,11,13H,3,7-8,10,15H2,1-2H3. The van der Waals surface area contributed by atoms with Crippen LogP contribution in [0.25, 0.3) is 0 Å². The first kappa shape index (κ1) is 15.4. The largest absolute Gasteiger partial charge is 0.375 e. The van der Waals surface area contributed by atoms with E-state index >= 15 is 0 Å². The molecule has 112 valence electrons. The lowest BCUT2D eigenvalue weighted by atomic mass is 10.1. The number of nitrogens with zero attached hydrogens (tertiary/aromatic N) is 1. The third-order valence-electron chi connectivity index (χ3n) is 3.58. The Hall–Kier alpha value is -0.950. The molecule has 0 saturated carbocycles. The van der Waals surface area contributed by atoms with E-state index in [1.54, 1.807) is 18.2 Å². The van der Waals surface area contributed by atoms with Crippen LogP contribution in [0, 0.1) is 0 Å². The number of sulfonamides is 1. The Kier molecular flexibility index (Phi) is 4.80. The van der Waals surface area contributed by atoms with Crippen LogP contribution in [-0.2, 0) is 14.8 Å². The van der Waals surface area contributed by atoms with Crippen LogP contribution in [0.1, 0.15) is 31.9 Å². The van der Waals surface area contributed by atoms with E-state index in [1.165, 1.54) is 4.31 Å². The van der Waals surface area contributed by atoms with Crippen molar-refractivity contribution in [3.63, 3.8) is 0 Å². The van der Waals surface area contributed by atoms with Gasteiger partial charge in [-0.1, -0.05) is 19.1 Å². The Morgan fingerprint density at radius 3 is 2.90 bits per heavy atom. The molecule has 1 saturated heterocycles. The monoisotopic (exact) mass is 298 g/mol. The Balaban J connectivity index is 2.28. The molecular formula is C14H22N2O3S. The van der Waals surface area contributed by atoms with Gasteiger partial charge in [0.05, 0.1) is 17.6 Å². The van der Waals surface area contributed by atoms with Gasteiger partial charge in [0.1, 0.15) is 0 Å². The zero-order valence-corrected chi connectivity index (χ0v) is 12.8. The summed E-state index contributed by atoms with van der Waals surface area (Å²) in [4.78, 5) is 0.309. The van der Waals surface area contributed by atoms with E-state index in [-0.39, 0.29) is 12.1 Å². The van der Waals surface area contributed by atoms with Crippen LogP contribution in [0.4, 0.5) is 0 Å². The topological polar surface area (TPSA) is 72.6 Å². The molecule has 0 amide bonds. The molecular weight excluding hydrogens is 276 g/mol. The molecule has 6 heteroatoms. The van der Waals surface area contributed by atoms with Gasteiger partial charge in [0, 0.05) is 19.1 Å². The minimum Gasteiger partial charge on any atom is -0.375 e. The molecule has 2 unspecified atom stereocenters. The molecule has 5 nitrogen and oxygen atoms in total. The average molecular weight is 298 g/mol. The van der Waals surface area contributed by atoms with Gasteiger partial charge in [0.25, 0.3) is 0 Å². The van der Waals surface area contributed by atoms with E-state index in [9.17, 15) is 8.42 Å². The number of ether oxygens (including phenoxy) is 1. The predicted molar refractivity (Wildman–Crippen MR) is 77.8 cm³/mol. The van der Waals surface area contributed by atoms with Gasteiger partial charge in [-0.3, -0.25) is 0 Å². The predicted octanol–water partition coefficient (Wildman–Crippen LogP) is 1.51. The Morgan fingerprint density at radius 1 is 1.50 bits per heavy atom. The first-order valence-electron chi connectivity index (χ1n) is 6.92. The zero-order chi connectivity index (χ0) is 14.8. The number of benzene rings is 1. The van der Waals surface area contributed by atoms with Crippen molar-refractivity contribution in [2.24, 2.45) is 5.73 Å². The highest BCUT2D eigenvalue weighted by atomic mass is 32.2. The normalized spacial score (nSPS) is 22.6. The van der Waals surface area contributed by atoms with Crippen LogP contribution in [0.15, 0.2) is 29.2 Å². The third kappa shape index (κ3) is 3.20. The molecule has 20 heavy (non-hydrogen) atoms. The van der Waals surface area contributed by atoms with Crippen molar-refractivity contribution in [2.45, 2.75) is 37.3 Å². The molecule has 0 aliphatic carbocycles. The Morgan fingerprint density at radius 2 is 2.25 bits per heavy atom. The quantitative estimate of drug-likeness (QED) is 0.914. The second kappa shape index (κ2) is 6.22. The maximum Gasteiger partial charge on any atom is 0.243 e. The maximum atomic E-state index is 12.7. The Bertz CT molecular complexity index is 557. The molecule has 2 N–H and O–H groups in total. The van der Waals surface area contributed by atoms with Gasteiger partial charge in [-0.05, 0) is 31.0 Å². The minimum atomic E-state index is -3.46. The SMILES string of the molecule is CCC1CN(S(=O)(=O)c2cccc(C(C)N)c2)CCO1. The van der Waals surface area contributed by atoms with Gasteiger partial charge in [0.2, 0.25) is 10.0 Å². The van der Waals surface area contributed by atoms with Gasteiger partial charge in [-0.2, -0.15) is 4.31 Å². The van der Waals surface area contributed by atoms with Crippen molar-refractivity contribution in [1.29, 1.82) is 0 Å². The summed E-state index contributed by atoms with van der Waals surface area (Å²) in [5, 5.41) is 0.